The molecule has 2 rings (SSSR count). The first-order chi connectivity index (χ1) is 9.27. The summed E-state index contributed by atoms with van der Waals surface area (Å²) in [5.74, 6) is 0.721. The number of sulfonamides is 1. The maximum absolute atomic E-state index is 13.9. The number of nitrogens with two attached hydrogens (primary N) is 1. The predicted molar refractivity (Wildman–Crippen MR) is 77.4 cm³/mol. The fourth-order valence-corrected chi connectivity index (χ4v) is 3.21. The highest BCUT2D eigenvalue weighted by molar-refractivity contribution is 7.89. The normalized spacial score (nSPS) is 27.3. The molecule has 1 aromatic rings. The predicted octanol–water partition coefficient (Wildman–Crippen LogP) is 2.71. The van der Waals surface area contributed by atoms with Crippen molar-refractivity contribution in [2.45, 2.75) is 44.0 Å². The molecule has 0 aromatic heterocycles. The lowest BCUT2D eigenvalue weighted by Gasteiger charge is -2.33. The van der Waals surface area contributed by atoms with E-state index in [1.807, 2.05) is 0 Å². The summed E-state index contributed by atoms with van der Waals surface area (Å²) in [4.78, 5) is -0.203. The van der Waals surface area contributed by atoms with Crippen LogP contribution in [-0.2, 0) is 10.0 Å². The van der Waals surface area contributed by atoms with E-state index in [4.69, 9.17) is 5.14 Å². The summed E-state index contributed by atoms with van der Waals surface area (Å²) in [6, 6.07) is 3.97. The third-order valence-electron chi connectivity index (χ3n) is 4.23. The Morgan fingerprint density at radius 3 is 2.50 bits per heavy atom. The van der Waals surface area contributed by atoms with Crippen LogP contribution in [0.2, 0.25) is 0 Å². The van der Waals surface area contributed by atoms with Gasteiger partial charge in [0.05, 0.1) is 10.6 Å². The summed E-state index contributed by atoms with van der Waals surface area (Å²) in [5, 5.41) is 8.15. The Morgan fingerprint density at radius 1 is 1.25 bits per heavy atom. The van der Waals surface area contributed by atoms with E-state index >= 15 is 0 Å². The second kappa shape index (κ2) is 5.69. The molecule has 1 aromatic carbocycles. The van der Waals surface area contributed by atoms with Gasteiger partial charge in [-0.2, -0.15) is 0 Å². The number of halogens is 1. The van der Waals surface area contributed by atoms with Crippen LogP contribution in [0.3, 0.4) is 0 Å². The Balaban J connectivity index is 2.11. The molecule has 20 heavy (non-hydrogen) atoms. The van der Waals surface area contributed by atoms with Crippen LogP contribution >= 0.6 is 0 Å². The zero-order valence-electron chi connectivity index (χ0n) is 11.8. The lowest BCUT2D eigenvalue weighted by atomic mass is 9.79. The first kappa shape index (κ1) is 15.3. The van der Waals surface area contributed by atoms with Gasteiger partial charge < -0.3 is 5.32 Å². The lowest BCUT2D eigenvalue weighted by molar-refractivity contribution is 0.260. The quantitative estimate of drug-likeness (QED) is 0.901. The third kappa shape index (κ3) is 3.49. The monoisotopic (exact) mass is 300 g/mol. The summed E-state index contributed by atoms with van der Waals surface area (Å²) in [6.07, 6.45) is 3.12. The van der Waals surface area contributed by atoms with E-state index < -0.39 is 15.8 Å². The minimum Gasteiger partial charge on any atom is -0.380 e. The van der Waals surface area contributed by atoms with E-state index in [2.05, 4.69) is 19.2 Å². The summed E-state index contributed by atoms with van der Waals surface area (Å²) >= 11 is 0. The van der Waals surface area contributed by atoms with Gasteiger partial charge in [-0.3, -0.25) is 0 Å². The molecule has 1 aliphatic rings. The first-order valence-electron chi connectivity index (χ1n) is 6.86. The van der Waals surface area contributed by atoms with Gasteiger partial charge >= 0.3 is 0 Å². The molecule has 0 bridgehead atoms. The largest absolute Gasteiger partial charge is 0.380 e. The molecule has 0 amide bonds. The molecule has 0 spiro atoms. The van der Waals surface area contributed by atoms with Crippen LogP contribution in [0.25, 0.3) is 0 Å². The highest BCUT2D eigenvalue weighted by atomic mass is 32.2. The molecule has 6 heteroatoms. The van der Waals surface area contributed by atoms with Gasteiger partial charge in [-0.15, -0.1) is 0 Å². The van der Waals surface area contributed by atoms with Gasteiger partial charge in [0.1, 0.15) is 5.82 Å². The van der Waals surface area contributed by atoms with Crippen molar-refractivity contribution in [3.8, 4) is 0 Å². The number of hydrogen-bond acceptors (Lipinski definition) is 3. The zero-order chi connectivity index (χ0) is 14.9. The van der Waals surface area contributed by atoms with Crippen molar-refractivity contribution in [1.29, 1.82) is 0 Å². The molecule has 0 radical (unpaired) electrons. The van der Waals surface area contributed by atoms with E-state index in [-0.39, 0.29) is 10.9 Å². The van der Waals surface area contributed by atoms with Crippen LogP contribution < -0.4 is 10.5 Å². The van der Waals surface area contributed by atoms with Crippen molar-refractivity contribution in [1.82, 2.24) is 0 Å². The molecule has 1 aliphatic carbocycles. The van der Waals surface area contributed by atoms with E-state index in [1.165, 1.54) is 12.1 Å². The van der Waals surface area contributed by atoms with Gasteiger partial charge in [0.2, 0.25) is 10.0 Å². The van der Waals surface area contributed by atoms with Gasteiger partial charge in [-0.25, -0.2) is 17.9 Å². The van der Waals surface area contributed by atoms with Gasteiger partial charge in [0, 0.05) is 6.04 Å². The molecular weight excluding hydrogens is 279 g/mol. The Hall–Kier alpha value is -1.14. The van der Waals surface area contributed by atoms with Crippen molar-refractivity contribution < 1.29 is 12.8 Å². The fraction of sp³-hybridized carbons (Fsp3) is 0.571. The molecular formula is C14H21FN2O2S. The third-order valence-corrected chi connectivity index (χ3v) is 5.14. The first-order valence-corrected chi connectivity index (χ1v) is 8.41. The zero-order valence-corrected chi connectivity index (χ0v) is 12.6. The van der Waals surface area contributed by atoms with Crippen LogP contribution in [0.4, 0.5) is 10.1 Å². The molecule has 3 unspecified atom stereocenters. The van der Waals surface area contributed by atoms with E-state index in [9.17, 15) is 12.8 Å². The summed E-state index contributed by atoms with van der Waals surface area (Å²) < 4.78 is 36.2. The van der Waals surface area contributed by atoms with Crippen LogP contribution in [-0.4, -0.2) is 14.5 Å². The number of nitrogens with one attached hydrogen (secondary N) is 1. The Labute approximate surface area is 119 Å². The van der Waals surface area contributed by atoms with E-state index in [0.29, 0.717) is 17.5 Å². The molecule has 1 fully saturated rings. The smallest absolute Gasteiger partial charge is 0.238 e. The number of anilines is 1. The molecule has 3 N–H and O–H groups in total. The molecule has 0 aliphatic heterocycles. The van der Waals surface area contributed by atoms with Gasteiger partial charge in [0.25, 0.3) is 0 Å². The molecule has 1 saturated carbocycles. The van der Waals surface area contributed by atoms with Gasteiger partial charge in [0.15, 0.2) is 0 Å². The number of primary sulfonamides is 1. The van der Waals surface area contributed by atoms with Crippen LogP contribution in [0, 0.1) is 17.7 Å². The second-order valence-corrected chi connectivity index (χ2v) is 7.36. The van der Waals surface area contributed by atoms with E-state index in [0.717, 1.165) is 25.3 Å². The van der Waals surface area contributed by atoms with Crippen molar-refractivity contribution in [3.63, 3.8) is 0 Å². The van der Waals surface area contributed by atoms with Crippen molar-refractivity contribution >= 4 is 15.7 Å². The standard InChI is InChI=1S/C14H21FN2O2S/c1-9-3-4-11(7-10(9)2)17-14-6-5-12(8-13(14)15)20(16,18)19/h5-6,8-11,17H,3-4,7H2,1-2H3,(H2,16,18,19). The average molecular weight is 300 g/mol. The second-order valence-electron chi connectivity index (χ2n) is 5.80. The number of benzene rings is 1. The topological polar surface area (TPSA) is 72.2 Å². The number of rotatable bonds is 3. The van der Waals surface area contributed by atoms with Crippen LogP contribution in [0.5, 0.6) is 0 Å². The van der Waals surface area contributed by atoms with Crippen molar-refractivity contribution in [3.05, 3.63) is 24.0 Å². The van der Waals surface area contributed by atoms with Crippen LogP contribution in [0.15, 0.2) is 23.1 Å². The molecule has 0 heterocycles. The SMILES string of the molecule is CC1CCC(Nc2ccc(S(N)(=O)=O)cc2F)CC1C. The highest BCUT2D eigenvalue weighted by Crippen LogP contribution is 2.31. The Bertz CT molecular complexity index is 589. The average Bonchev–Trinajstić information content (AvgIpc) is 2.35. The summed E-state index contributed by atoms with van der Waals surface area (Å²) in [7, 11) is -3.86. The fourth-order valence-electron chi connectivity index (χ4n) is 2.69. The summed E-state index contributed by atoms with van der Waals surface area (Å²) in [5.41, 5.74) is 0.337. The van der Waals surface area contributed by atoms with E-state index in [1.54, 1.807) is 0 Å². The van der Waals surface area contributed by atoms with Crippen LogP contribution in [0.1, 0.15) is 33.1 Å². The van der Waals surface area contributed by atoms with Gasteiger partial charge in [-0.05, 0) is 49.3 Å². The minimum absolute atomic E-state index is 0.203. The number of hydrogen-bond donors (Lipinski definition) is 2. The Kier molecular flexibility index (Phi) is 4.34. The van der Waals surface area contributed by atoms with Gasteiger partial charge in [-0.1, -0.05) is 13.8 Å². The maximum Gasteiger partial charge on any atom is 0.238 e. The molecule has 4 nitrogen and oxygen atoms in total. The molecule has 112 valence electrons. The lowest BCUT2D eigenvalue weighted by Crippen LogP contribution is -2.30. The minimum atomic E-state index is -3.86. The Morgan fingerprint density at radius 2 is 1.95 bits per heavy atom. The molecule has 0 saturated heterocycles. The summed E-state index contributed by atoms with van der Waals surface area (Å²) in [6.45, 7) is 4.45. The molecule has 3 atom stereocenters. The maximum atomic E-state index is 13.9. The van der Waals surface area contributed by atoms with Crippen molar-refractivity contribution in [2.24, 2.45) is 17.0 Å². The highest BCUT2D eigenvalue weighted by Gasteiger charge is 2.25. The van der Waals surface area contributed by atoms with Crippen molar-refractivity contribution in [2.75, 3.05) is 5.32 Å².